The quantitative estimate of drug-likeness (QED) is 0.772. The van der Waals surface area contributed by atoms with E-state index < -0.39 is 0 Å². The third-order valence-corrected chi connectivity index (χ3v) is 2.89. The third-order valence-electron chi connectivity index (χ3n) is 2.48. The van der Waals surface area contributed by atoms with E-state index in [0.29, 0.717) is 0 Å². The van der Waals surface area contributed by atoms with Crippen molar-refractivity contribution in [2.24, 2.45) is 0 Å². The lowest BCUT2D eigenvalue weighted by atomic mass is 10.0. The zero-order chi connectivity index (χ0) is 12.1. The number of nitrogens with one attached hydrogen (secondary N) is 1. The fourth-order valence-electron chi connectivity index (χ4n) is 1.63. The van der Waals surface area contributed by atoms with Crippen molar-refractivity contribution in [3.8, 4) is 0 Å². The van der Waals surface area contributed by atoms with Crippen LogP contribution in [-0.4, -0.2) is 6.54 Å². The molecular weight excluding hydrogens is 218 g/mol. The van der Waals surface area contributed by atoms with Gasteiger partial charge in [-0.25, -0.2) is 0 Å². The molecule has 1 rings (SSSR count). The molecule has 0 aliphatic heterocycles. The Morgan fingerprint density at radius 2 is 2.12 bits per heavy atom. The summed E-state index contributed by atoms with van der Waals surface area (Å²) < 4.78 is 0. The van der Waals surface area contributed by atoms with Crippen LogP contribution in [0.15, 0.2) is 29.8 Å². The number of likely N-dealkylation sites (N-methyl/N-ethyl adjacent to an activating group) is 1. The number of hydrogen-bond donors (Lipinski definition) is 1. The summed E-state index contributed by atoms with van der Waals surface area (Å²) in [6.07, 6.45) is 2.23. The molecule has 0 heterocycles. The summed E-state index contributed by atoms with van der Waals surface area (Å²) in [5.41, 5.74) is 3.65. The number of halogens is 1. The molecule has 0 aromatic heterocycles. The zero-order valence-electron chi connectivity index (χ0n) is 10.5. The summed E-state index contributed by atoms with van der Waals surface area (Å²) in [6, 6.07) is 6.51. The Labute approximate surface area is 104 Å². The molecule has 2 heteroatoms. The van der Waals surface area contributed by atoms with Crippen LogP contribution in [0.4, 0.5) is 0 Å². The summed E-state index contributed by atoms with van der Waals surface area (Å²) in [7, 11) is 0. The van der Waals surface area contributed by atoms with Gasteiger partial charge in [0.2, 0.25) is 0 Å². The maximum atomic E-state index is 6.15. The first kappa shape index (κ1) is 13.3. The van der Waals surface area contributed by atoms with E-state index in [-0.39, 0.29) is 6.04 Å². The SMILES string of the molecule is CCNC(C=C(C)C)c1ccc(C)c(Cl)c1. The Kier molecular flexibility index (Phi) is 5.04. The number of allylic oxidation sites excluding steroid dienone is 1. The van der Waals surface area contributed by atoms with Crippen LogP contribution >= 0.6 is 11.6 Å². The van der Waals surface area contributed by atoms with Crippen molar-refractivity contribution in [2.45, 2.75) is 33.7 Å². The second kappa shape index (κ2) is 6.07. The van der Waals surface area contributed by atoms with Crippen molar-refractivity contribution in [1.29, 1.82) is 0 Å². The van der Waals surface area contributed by atoms with E-state index in [4.69, 9.17) is 11.6 Å². The van der Waals surface area contributed by atoms with Crippen LogP contribution in [0.5, 0.6) is 0 Å². The minimum atomic E-state index is 0.257. The summed E-state index contributed by atoms with van der Waals surface area (Å²) in [5.74, 6) is 0. The lowest BCUT2D eigenvalue weighted by Gasteiger charge is -2.16. The van der Waals surface area contributed by atoms with Gasteiger partial charge in [0.1, 0.15) is 0 Å². The minimum absolute atomic E-state index is 0.257. The average Bonchev–Trinajstić information content (AvgIpc) is 2.21. The Morgan fingerprint density at radius 1 is 1.44 bits per heavy atom. The molecule has 1 aromatic rings. The lowest BCUT2D eigenvalue weighted by molar-refractivity contribution is 0.644. The van der Waals surface area contributed by atoms with E-state index in [2.05, 4.69) is 44.3 Å². The van der Waals surface area contributed by atoms with Gasteiger partial charge in [0.25, 0.3) is 0 Å². The molecule has 1 atom stereocenters. The maximum absolute atomic E-state index is 6.15. The normalized spacial score (nSPS) is 12.3. The van der Waals surface area contributed by atoms with E-state index in [1.165, 1.54) is 11.1 Å². The van der Waals surface area contributed by atoms with Crippen LogP contribution in [0.3, 0.4) is 0 Å². The standard InChI is InChI=1S/C14H20ClN/c1-5-16-14(8-10(2)3)12-7-6-11(4)13(15)9-12/h6-9,14,16H,5H2,1-4H3. The van der Waals surface area contributed by atoms with Crippen LogP contribution in [0.1, 0.15) is 37.9 Å². The highest BCUT2D eigenvalue weighted by molar-refractivity contribution is 6.31. The topological polar surface area (TPSA) is 12.0 Å². The molecule has 0 bridgehead atoms. The monoisotopic (exact) mass is 237 g/mol. The molecule has 1 unspecified atom stereocenters. The summed E-state index contributed by atoms with van der Waals surface area (Å²) in [5, 5.41) is 4.28. The fraction of sp³-hybridized carbons (Fsp3) is 0.429. The Morgan fingerprint density at radius 3 is 2.62 bits per heavy atom. The van der Waals surface area contributed by atoms with Gasteiger partial charge in [-0.05, 0) is 44.5 Å². The summed E-state index contributed by atoms with van der Waals surface area (Å²) in [4.78, 5) is 0. The first-order valence-corrected chi connectivity index (χ1v) is 6.06. The molecule has 0 fully saturated rings. The molecule has 0 saturated carbocycles. The molecule has 1 N–H and O–H groups in total. The summed E-state index contributed by atoms with van der Waals surface area (Å²) in [6.45, 7) is 9.30. The van der Waals surface area contributed by atoms with E-state index in [1.54, 1.807) is 0 Å². The van der Waals surface area contributed by atoms with Crippen LogP contribution < -0.4 is 5.32 Å². The zero-order valence-corrected chi connectivity index (χ0v) is 11.2. The molecule has 16 heavy (non-hydrogen) atoms. The predicted octanol–water partition coefficient (Wildman–Crippen LogP) is 4.27. The molecule has 0 amide bonds. The summed E-state index contributed by atoms with van der Waals surface area (Å²) >= 11 is 6.15. The predicted molar refractivity (Wildman–Crippen MR) is 72.0 cm³/mol. The molecule has 1 nitrogen and oxygen atoms in total. The molecule has 0 spiro atoms. The second-order valence-corrected chi connectivity index (χ2v) is 4.70. The van der Waals surface area contributed by atoms with Gasteiger partial charge < -0.3 is 5.32 Å². The van der Waals surface area contributed by atoms with Gasteiger partial charge in [-0.15, -0.1) is 0 Å². The van der Waals surface area contributed by atoms with Crippen molar-refractivity contribution in [3.63, 3.8) is 0 Å². The van der Waals surface area contributed by atoms with E-state index in [9.17, 15) is 0 Å². The maximum Gasteiger partial charge on any atom is 0.0509 e. The molecular formula is C14H20ClN. The number of benzene rings is 1. The van der Waals surface area contributed by atoms with Crippen molar-refractivity contribution in [1.82, 2.24) is 5.32 Å². The van der Waals surface area contributed by atoms with Crippen molar-refractivity contribution >= 4 is 11.6 Å². The molecule has 0 aliphatic carbocycles. The lowest BCUT2D eigenvalue weighted by Crippen LogP contribution is -2.19. The van der Waals surface area contributed by atoms with Gasteiger partial charge in [-0.3, -0.25) is 0 Å². The van der Waals surface area contributed by atoms with E-state index in [0.717, 1.165) is 17.1 Å². The minimum Gasteiger partial charge on any atom is -0.307 e. The molecule has 0 aliphatic rings. The van der Waals surface area contributed by atoms with Crippen LogP contribution in [0, 0.1) is 6.92 Å². The number of hydrogen-bond acceptors (Lipinski definition) is 1. The van der Waals surface area contributed by atoms with E-state index in [1.807, 2.05) is 13.0 Å². The average molecular weight is 238 g/mol. The van der Waals surface area contributed by atoms with Crippen LogP contribution in [0.25, 0.3) is 0 Å². The Bertz CT molecular complexity index is 378. The molecule has 0 saturated heterocycles. The van der Waals surface area contributed by atoms with Crippen LogP contribution in [-0.2, 0) is 0 Å². The highest BCUT2D eigenvalue weighted by Gasteiger charge is 2.08. The Balaban J connectivity index is 3.01. The smallest absolute Gasteiger partial charge is 0.0509 e. The van der Waals surface area contributed by atoms with Crippen molar-refractivity contribution in [2.75, 3.05) is 6.54 Å². The van der Waals surface area contributed by atoms with Crippen molar-refractivity contribution in [3.05, 3.63) is 46.0 Å². The highest BCUT2D eigenvalue weighted by atomic mass is 35.5. The highest BCUT2D eigenvalue weighted by Crippen LogP contribution is 2.22. The van der Waals surface area contributed by atoms with Gasteiger partial charge in [0.05, 0.1) is 6.04 Å². The van der Waals surface area contributed by atoms with Gasteiger partial charge in [-0.1, -0.05) is 42.3 Å². The number of rotatable bonds is 4. The first-order valence-electron chi connectivity index (χ1n) is 5.69. The number of aryl methyl sites for hydroxylation is 1. The van der Waals surface area contributed by atoms with Gasteiger partial charge in [0, 0.05) is 5.02 Å². The molecule has 0 radical (unpaired) electrons. The third kappa shape index (κ3) is 3.66. The second-order valence-electron chi connectivity index (χ2n) is 4.29. The van der Waals surface area contributed by atoms with E-state index >= 15 is 0 Å². The molecule has 1 aromatic carbocycles. The van der Waals surface area contributed by atoms with Crippen molar-refractivity contribution < 1.29 is 0 Å². The molecule has 88 valence electrons. The van der Waals surface area contributed by atoms with Gasteiger partial charge in [0.15, 0.2) is 0 Å². The largest absolute Gasteiger partial charge is 0.307 e. The van der Waals surface area contributed by atoms with Gasteiger partial charge >= 0.3 is 0 Å². The van der Waals surface area contributed by atoms with Crippen LogP contribution in [0.2, 0.25) is 5.02 Å². The van der Waals surface area contributed by atoms with Gasteiger partial charge in [-0.2, -0.15) is 0 Å². The fourth-order valence-corrected chi connectivity index (χ4v) is 1.82. The first-order chi connectivity index (χ1) is 7.54. The Hall–Kier alpha value is -0.790.